The van der Waals surface area contributed by atoms with Crippen LogP contribution in [0.5, 0.6) is 0 Å². The molecule has 0 unspecified atom stereocenters. The van der Waals surface area contributed by atoms with Gasteiger partial charge in [0.25, 0.3) is 10.1 Å². The average molecular weight is 422 g/mol. The number of aryl methyl sites for hydroxylation is 1. The lowest BCUT2D eigenvalue weighted by molar-refractivity contribution is -0.196. The van der Waals surface area contributed by atoms with Crippen LogP contribution in [0.4, 0.5) is 13.2 Å². The summed E-state index contributed by atoms with van der Waals surface area (Å²) in [5.41, 5.74) is 0.559. The molecule has 0 N–H and O–H groups in total. The Morgan fingerprint density at radius 2 is 1.80 bits per heavy atom. The molecule has 0 bridgehead atoms. The van der Waals surface area contributed by atoms with Gasteiger partial charge in [0.1, 0.15) is 0 Å². The fourth-order valence-electron chi connectivity index (χ4n) is 1.47. The Balaban J connectivity index is 3.00. The summed E-state index contributed by atoms with van der Waals surface area (Å²) in [6.45, 7) is 1.73. The van der Waals surface area contributed by atoms with Gasteiger partial charge in [0.05, 0.1) is 5.75 Å². The van der Waals surface area contributed by atoms with Crippen molar-refractivity contribution < 1.29 is 25.8 Å². The van der Waals surface area contributed by atoms with E-state index in [1.165, 1.54) is 24.3 Å². The molecule has 1 atom stereocenters. The van der Waals surface area contributed by atoms with E-state index in [0.717, 1.165) is 5.56 Å². The minimum absolute atomic E-state index is 0.221. The first-order chi connectivity index (χ1) is 9.15. The minimum atomic E-state index is -4.79. The number of rotatable bonds is 6. The quantitative estimate of drug-likeness (QED) is 0.398. The molecule has 1 aromatic carbocycles. The van der Waals surface area contributed by atoms with Gasteiger partial charge in [0.2, 0.25) is 0 Å². The Morgan fingerprint density at radius 1 is 1.25 bits per heavy atom. The van der Waals surface area contributed by atoms with Crippen LogP contribution in [0.25, 0.3) is 0 Å². The zero-order valence-electron chi connectivity index (χ0n) is 10.7. The SMILES string of the molecule is Cc1ccc([C@H](OS(=O)(=O)CCCI)C(F)(F)F)cc1. The van der Waals surface area contributed by atoms with Crippen LogP contribution in [-0.2, 0) is 14.3 Å². The molecule has 0 fully saturated rings. The van der Waals surface area contributed by atoms with E-state index in [0.29, 0.717) is 4.43 Å². The minimum Gasteiger partial charge on any atom is -0.252 e. The molecule has 0 aliphatic rings. The Morgan fingerprint density at radius 3 is 2.25 bits per heavy atom. The van der Waals surface area contributed by atoms with Crippen LogP contribution < -0.4 is 0 Å². The molecule has 0 radical (unpaired) electrons. The first-order valence-corrected chi connectivity index (χ1v) is 8.86. The summed E-state index contributed by atoms with van der Waals surface area (Å²) in [6, 6.07) is 5.41. The van der Waals surface area contributed by atoms with Gasteiger partial charge < -0.3 is 0 Å². The van der Waals surface area contributed by atoms with E-state index < -0.39 is 28.2 Å². The van der Waals surface area contributed by atoms with Crippen molar-refractivity contribution in [2.45, 2.75) is 25.6 Å². The van der Waals surface area contributed by atoms with Crippen LogP contribution in [-0.4, -0.2) is 24.8 Å². The molecule has 0 saturated heterocycles. The second-order valence-electron chi connectivity index (χ2n) is 4.23. The summed E-state index contributed by atoms with van der Waals surface area (Å²) >= 11 is 1.95. The molecule has 0 amide bonds. The van der Waals surface area contributed by atoms with Crippen molar-refractivity contribution in [2.24, 2.45) is 0 Å². The maximum absolute atomic E-state index is 13.0. The standard InChI is InChI=1S/C12H14F3IO3S/c1-9-3-5-10(6-4-9)11(12(13,14)15)19-20(17,18)8-2-7-16/h3-6,11H,2,7-8H2,1H3/t11-/m0/s1. The van der Waals surface area contributed by atoms with Crippen LogP contribution in [0, 0.1) is 6.92 Å². The molecule has 0 aliphatic carbocycles. The van der Waals surface area contributed by atoms with Crippen molar-refractivity contribution in [3.63, 3.8) is 0 Å². The van der Waals surface area contributed by atoms with Crippen molar-refractivity contribution in [1.82, 2.24) is 0 Å². The highest BCUT2D eigenvalue weighted by molar-refractivity contribution is 14.1. The Kier molecular flexibility index (Phi) is 6.26. The average Bonchev–Trinajstić information content (AvgIpc) is 2.34. The first kappa shape index (κ1) is 17.7. The van der Waals surface area contributed by atoms with Crippen molar-refractivity contribution >= 4 is 32.7 Å². The second-order valence-corrected chi connectivity index (χ2v) is 7.03. The lowest BCUT2D eigenvalue weighted by Gasteiger charge is -2.20. The van der Waals surface area contributed by atoms with Gasteiger partial charge in [-0.15, -0.1) is 0 Å². The Bertz CT molecular complexity index is 526. The Labute approximate surface area is 129 Å². The number of alkyl halides is 4. The molecular formula is C12H14F3IO3S. The smallest absolute Gasteiger partial charge is 0.252 e. The van der Waals surface area contributed by atoms with Crippen molar-refractivity contribution in [1.29, 1.82) is 0 Å². The first-order valence-electron chi connectivity index (χ1n) is 5.76. The van der Waals surface area contributed by atoms with Gasteiger partial charge in [-0.1, -0.05) is 52.4 Å². The molecule has 0 spiro atoms. The predicted molar refractivity (Wildman–Crippen MR) is 78.4 cm³/mol. The number of benzene rings is 1. The van der Waals surface area contributed by atoms with Crippen LogP contribution in [0.2, 0.25) is 0 Å². The van der Waals surface area contributed by atoms with E-state index in [-0.39, 0.29) is 12.0 Å². The fraction of sp³-hybridized carbons (Fsp3) is 0.500. The van der Waals surface area contributed by atoms with Crippen LogP contribution in [0.3, 0.4) is 0 Å². The highest BCUT2D eigenvalue weighted by Gasteiger charge is 2.44. The molecule has 0 saturated carbocycles. The van der Waals surface area contributed by atoms with Crippen molar-refractivity contribution in [3.05, 3.63) is 35.4 Å². The maximum atomic E-state index is 13.0. The topological polar surface area (TPSA) is 43.4 Å². The summed E-state index contributed by atoms with van der Waals surface area (Å²) < 4.78 is 66.9. The molecular weight excluding hydrogens is 408 g/mol. The summed E-state index contributed by atoms with van der Waals surface area (Å²) in [5.74, 6) is -0.422. The summed E-state index contributed by atoms with van der Waals surface area (Å²) in [5, 5.41) is 0. The molecule has 0 heterocycles. The fourth-order valence-corrected chi connectivity index (χ4v) is 3.47. The molecule has 0 aliphatic heterocycles. The van der Waals surface area contributed by atoms with E-state index in [1.807, 2.05) is 22.6 Å². The van der Waals surface area contributed by atoms with E-state index in [2.05, 4.69) is 4.18 Å². The monoisotopic (exact) mass is 422 g/mol. The van der Waals surface area contributed by atoms with E-state index >= 15 is 0 Å². The van der Waals surface area contributed by atoms with Crippen LogP contribution in [0.15, 0.2) is 24.3 Å². The summed E-state index contributed by atoms with van der Waals surface area (Å²) in [4.78, 5) is 0. The maximum Gasteiger partial charge on any atom is 0.420 e. The lowest BCUT2D eigenvalue weighted by atomic mass is 10.1. The van der Waals surface area contributed by atoms with Crippen molar-refractivity contribution in [3.8, 4) is 0 Å². The zero-order chi connectivity index (χ0) is 15.4. The third-order valence-corrected chi connectivity index (χ3v) is 4.49. The van der Waals surface area contributed by atoms with Gasteiger partial charge in [-0.25, -0.2) is 0 Å². The molecule has 20 heavy (non-hydrogen) atoms. The van der Waals surface area contributed by atoms with Crippen molar-refractivity contribution in [2.75, 3.05) is 10.2 Å². The normalized spacial score (nSPS) is 14.2. The number of hydrogen-bond acceptors (Lipinski definition) is 3. The van der Waals surface area contributed by atoms with Gasteiger partial charge in [-0.05, 0) is 18.9 Å². The zero-order valence-corrected chi connectivity index (χ0v) is 13.6. The molecule has 0 aromatic heterocycles. The third kappa shape index (κ3) is 5.57. The van der Waals surface area contributed by atoms with Gasteiger partial charge in [0.15, 0.2) is 6.10 Å². The third-order valence-electron chi connectivity index (χ3n) is 2.45. The van der Waals surface area contributed by atoms with Gasteiger partial charge >= 0.3 is 6.18 Å². The van der Waals surface area contributed by atoms with Gasteiger partial charge in [-0.2, -0.15) is 21.6 Å². The van der Waals surface area contributed by atoms with Crippen LogP contribution >= 0.6 is 22.6 Å². The summed E-state index contributed by atoms with van der Waals surface area (Å²) in [6.07, 6.45) is -6.99. The van der Waals surface area contributed by atoms with Gasteiger partial charge in [-0.3, -0.25) is 4.18 Å². The molecule has 114 valence electrons. The van der Waals surface area contributed by atoms with Gasteiger partial charge in [0, 0.05) is 4.43 Å². The largest absolute Gasteiger partial charge is 0.420 e. The Hall–Kier alpha value is -0.350. The summed E-state index contributed by atoms with van der Waals surface area (Å²) in [7, 11) is -4.21. The van der Waals surface area contributed by atoms with E-state index in [1.54, 1.807) is 6.92 Å². The second kappa shape index (κ2) is 7.08. The van der Waals surface area contributed by atoms with E-state index in [4.69, 9.17) is 0 Å². The molecule has 1 aromatic rings. The molecule has 8 heteroatoms. The predicted octanol–water partition coefficient (Wildman–Crippen LogP) is 3.77. The van der Waals surface area contributed by atoms with Crippen LogP contribution in [0.1, 0.15) is 23.7 Å². The number of halogens is 4. The highest BCUT2D eigenvalue weighted by Crippen LogP contribution is 2.37. The lowest BCUT2D eigenvalue weighted by Crippen LogP contribution is -2.27. The van der Waals surface area contributed by atoms with E-state index in [9.17, 15) is 21.6 Å². The highest BCUT2D eigenvalue weighted by atomic mass is 127. The number of hydrogen-bond donors (Lipinski definition) is 0. The molecule has 1 rings (SSSR count). The molecule has 3 nitrogen and oxygen atoms in total.